The van der Waals surface area contributed by atoms with Crippen LogP contribution in [0.1, 0.15) is 84.3 Å². The number of hydrogen-bond donors (Lipinski definition) is 1. The summed E-state index contributed by atoms with van der Waals surface area (Å²) in [6.07, 6.45) is 17.7. The summed E-state index contributed by atoms with van der Waals surface area (Å²) in [5.74, 6) is 1.18. The Bertz CT molecular complexity index is 819. The van der Waals surface area contributed by atoms with Crippen LogP contribution in [0, 0.1) is 6.92 Å². The zero-order chi connectivity index (χ0) is 21.4. The van der Waals surface area contributed by atoms with Gasteiger partial charge in [-0.2, -0.15) is 0 Å². The topological polar surface area (TPSA) is 29.5 Å². The van der Waals surface area contributed by atoms with Crippen molar-refractivity contribution in [3.05, 3.63) is 64.3 Å². The normalized spacial score (nSPS) is 19.0. The zero-order valence-electron chi connectivity index (χ0n) is 19.1. The van der Waals surface area contributed by atoms with Gasteiger partial charge in [-0.3, -0.25) is 0 Å². The van der Waals surface area contributed by atoms with Crippen molar-refractivity contribution in [1.29, 1.82) is 0 Å². The van der Waals surface area contributed by atoms with E-state index in [1.807, 2.05) is 6.92 Å². The van der Waals surface area contributed by atoms with Gasteiger partial charge >= 0.3 is 0 Å². The van der Waals surface area contributed by atoms with E-state index in [2.05, 4.69) is 65.0 Å². The SMILES string of the molecule is CC(C)=CCCC(C)=CCCC(C)=CCC[C@]1(C)C=Cc2cc(O)cc(C)c2O1. The molecule has 1 aliphatic rings. The molecule has 0 amide bonds. The molecule has 0 saturated heterocycles. The van der Waals surface area contributed by atoms with Gasteiger partial charge in [0, 0.05) is 5.56 Å². The van der Waals surface area contributed by atoms with Gasteiger partial charge in [-0.15, -0.1) is 0 Å². The number of aryl methyl sites for hydroxylation is 1. The van der Waals surface area contributed by atoms with Crippen molar-refractivity contribution in [2.24, 2.45) is 0 Å². The summed E-state index contributed by atoms with van der Waals surface area (Å²) in [4.78, 5) is 0. The second-order valence-corrected chi connectivity index (χ2v) is 8.93. The van der Waals surface area contributed by atoms with Crippen molar-refractivity contribution in [2.75, 3.05) is 0 Å². The molecule has 0 fully saturated rings. The Morgan fingerprint density at radius 3 is 2.24 bits per heavy atom. The Morgan fingerprint density at radius 1 is 0.966 bits per heavy atom. The van der Waals surface area contributed by atoms with Crippen LogP contribution in [0.2, 0.25) is 0 Å². The van der Waals surface area contributed by atoms with Gasteiger partial charge in [0.15, 0.2) is 0 Å². The summed E-state index contributed by atoms with van der Waals surface area (Å²) in [5, 5.41) is 9.77. The number of hydrogen-bond acceptors (Lipinski definition) is 2. The molecule has 1 aliphatic heterocycles. The first-order valence-corrected chi connectivity index (χ1v) is 10.8. The summed E-state index contributed by atoms with van der Waals surface area (Å²) in [6, 6.07) is 3.52. The fourth-order valence-corrected chi connectivity index (χ4v) is 3.66. The molecule has 0 radical (unpaired) electrons. The zero-order valence-corrected chi connectivity index (χ0v) is 19.1. The Morgan fingerprint density at radius 2 is 1.59 bits per heavy atom. The minimum absolute atomic E-state index is 0.290. The number of benzene rings is 1. The fraction of sp³-hybridized carbons (Fsp3) is 0.481. The van der Waals surface area contributed by atoms with E-state index >= 15 is 0 Å². The van der Waals surface area contributed by atoms with E-state index in [1.54, 1.807) is 12.1 Å². The Balaban J connectivity index is 1.81. The van der Waals surface area contributed by atoms with Gasteiger partial charge in [0.1, 0.15) is 17.1 Å². The Labute approximate surface area is 177 Å². The van der Waals surface area contributed by atoms with E-state index in [9.17, 15) is 5.11 Å². The molecule has 0 bridgehead atoms. The molecule has 2 nitrogen and oxygen atoms in total. The van der Waals surface area contributed by atoms with Gasteiger partial charge in [-0.05, 0) is 104 Å². The lowest BCUT2D eigenvalue weighted by Gasteiger charge is -2.32. The summed E-state index contributed by atoms with van der Waals surface area (Å²) in [5.41, 5.74) is 5.98. The minimum atomic E-state index is -0.299. The maximum atomic E-state index is 9.77. The van der Waals surface area contributed by atoms with Crippen LogP contribution < -0.4 is 4.74 Å². The predicted octanol–water partition coefficient (Wildman–Crippen LogP) is 8.06. The van der Waals surface area contributed by atoms with Crippen LogP contribution in [-0.4, -0.2) is 10.7 Å². The number of phenols is 1. The largest absolute Gasteiger partial charge is 0.508 e. The first-order chi connectivity index (χ1) is 13.7. The predicted molar refractivity (Wildman–Crippen MR) is 126 cm³/mol. The second kappa shape index (κ2) is 10.5. The van der Waals surface area contributed by atoms with Gasteiger partial charge in [-0.25, -0.2) is 0 Å². The lowest BCUT2D eigenvalue weighted by molar-refractivity contribution is 0.127. The second-order valence-electron chi connectivity index (χ2n) is 8.93. The molecule has 158 valence electrons. The van der Waals surface area contributed by atoms with Crippen LogP contribution in [0.25, 0.3) is 6.08 Å². The van der Waals surface area contributed by atoms with Gasteiger partial charge in [0.05, 0.1) is 0 Å². The lowest BCUT2D eigenvalue weighted by atomic mass is 9.93. The maximum absolute atomic E-state index is 9.77. The highest BCUT2D eigenvalue weighted by atomic mass is 16.5. The standard InChI is InChI=1S/C27H38O2/c1-20(2)10-7-11-21(3)12-8-13-22(4)14-9-16-27(6)17-15-24-19-25(28)18-23(5)26(24)29-27/h10,12,14-15,17-19,28H,7-9,11,13,16H2,1-6H3/t27-/m1/s1. The van der Waals surface area contributed by atoms with Crippen LogP contribution in [0.15, 0.2) is 53.2 Å². The Kier molecular flexibility index (Phi) is 8.37. The molecule has 0 aliphatic carbocycles. The summed E-state index contributed by atoms with van der Waals surface area (Å²) < 4.78 is 6.31. The summed E-state index contributed by atoms with van der Waals surface area (Å²) in [6.45, 7) is 12.9. The van der Waals surface area contributed by atoms with E-state index in [4.69, 9.17) is 4.74 Å². The van der Waals surface area contributed by atoms with Gasteiger partial charge in [-0.1, -0.05) is 41.0 Å². The van der Waals surface area contributed by atoms with Crippen LogP contribution in [0.4, 0.5) is 0 Å². The highest BCUT2D eigenvalue weighted by Crippen LogP contribution is 2.38. The van der Waals surface area contributed by atoms with E-state index in [0.29, 0.717) is 0 Å². The molecule has 0 unspecified atom stereocenters. The molecule has 1 heterocycles. The van der Waals surface area contributed by atoms with E-state index in [0.717, 1.165) is 55.4 Å². The van der Waals surface area contributed by atoms with Crippen molar-refractivity contribution in [3.8, 4) is 11.5 Å². The van der Waals surface area contributed by atoms with Crippen molar-refractivity contribution in [2.45, 2.75) is 85.7 Å². The molecule has 1 atom stereocenters. The average Bonchev–Trinajstić information content (AvgIpc) is 2.62. The minimum Gasteiger partial charge on any atom is -0.508 e. The molecule has 0 aromatic heterocycles. The third-order valence-electron chi connectivity index (χ3n) is 5.50. The Hall–Kier alpha value is -2.22. The third kappa shape index (κ3) is 7.61. The molecule has 1 N–H and O–H groups in total. The number of ether oxygens (including phenoxy) is 1. The summed E-state index contributed by atoms with van der Waals surface area (Å²) in [7, 11) is 0. The monoisotopic (exact) mass is 394 g/mol. The number of allylic oxidation sites excluding steroid dienone is 6. The van der Waals surface area contributed by atoms with E-state index < -0.39 is 0 Å². The molecule has 0 saturated carbocycles. The van der Waals surface area contributed by atoms with Crippen molar-refractivity contribution >= 4 is 6.08 Å². The van der Waals surface area contributed by atoms with Crippen LogP contribution in [0.3, 0.4) is 0 Å². The molecular weight excluding hydrogens is 356 g/mol. The van der Waals surface area contributed by atoms with Crippen molar-refractivity contribution < 1.29 is 9.84 Å². The molecule has 29 heavy (non-hydrogen) atoms. The molecule has 1 aromatic rings. The number of aromatic hydroxyl groups is 1. The average molecular weight is 395 g/mol. The molecule has 2 heteroatoms. The van der Waals surface area contributed by atoms with Gasteiger partial charge in [0.25, 0.3) is 0 Å². The molecule has 2 rings (SSSR count). The summed E-state index contributed by atoms with van der Waals surface area (Å²) >= 11 is 0. The highest BCUT2D eigenvalue weighted by molar-refractivity contribution is 5.65. The molecular formula is C27H38O2. The van der Waals surface area contributed by atoms with Crippen molar-refractivity contribution in [1.82, 2.24) is 0 Å². The maximum Gasteiger partial charge on any atom is 0.131 e. The highest BCUT2D eigenvalue weighted by Gasteiger charge is 2.27. The van der Waals surface area contributed by atoms with E-state index in [1.165, 1.54) is 16.7 Å². The van der Waals surface area contributed by atoms with Crippen LogP contribution in [-0.2, 0) is 0 Å². The number of rotatable bonds is 9. The fourth-order valence-electron chi connectivity index (χ4n) is 3.66. The number of phenolic OH excluding ortho intramolecular Hbond substituents is 1. The third-order valence-corrected chi connectivity index (χ3v) is 5.50. The first kappa shape index (κ1) is 23.1. The van der Waals surface area contributed by atoms with Gasteiger partial charge < -0.3 is 9.84 Å². The molecule has 0 spiro atoms. The van der Waals surface area contributed by atoms with E-state index in [-0.39, 0.29) is 11.4 Å². The molecule has 1 aromatic carbocycles. The van der Waals surface area contributed by atoms with Gasteiger partial charge in [0.2, 0.25) is 0 Å². The first-order valence-electron chi connectivity index (χ1n) is 10.8. The van der Waals surface area contributed by atoms with Crippen molar-refractivity contribution in [3.63, 3.8) is 0 Å². The quantitative estimate of drug-likeness (QED) is 0.429. The van der Waals surface area contributed by atoms with Crippen LogP contribution in [0.5, 0.6) is 11.5 Å². The van der Waals surface area contributed by atoms with Crippen LogP contribution >= 0.6 is 0 Å². The smallest absolute Gasteiger partial charge is 0.131 e. The number of fused-ring (bicyclic) bond motifs is 1. The lowest BCUT2D eigenvalue weighted by Crippen LogP contribution is -2.32.